The lowest BCUT2D eigenvalue weighted by Gasteiger charge is -2.22. The fourth-order valence-electron chi connectivity index (χ4n) is 3.74. The van der Waals surface area contributed by atoms with Gasteiger partial charge in [0.1, 0.15) is 5.75 Å². The lowest BCUT2D eigenvalue weighted by molar-refractivity contribution is 0.0986. The van der Waals surface area contributed by atoms with Gasteiger partial charge in [0.15, 0.2) is 5.13 Å². The van der Waals surface area contributed by atoms with Crippen molar-refractivity contribution in [3.63, 3.8) is 0 Å². The number of sulfonamides is 1. The number of rotatable bonds is 13. The summed E-state index contributed by atoms with van der Waals surface area (Å²) in [6.45, 7) is 1.19. The number of fused-ring (bicyclic) bond motifs is 1. The van der Waals surface area contributed by atoms with Gasteiger partial charge < -0.3 is 9.64 Å². The van der Waals surface area contributed by atoms with Crippen molar-refractivity contribution in [3.8, 4) is 17.9 Å². The quantitative estimate of drug-likeness (QED) is 0.312. The van der Waals surface area contributed by atoms with E-state index in [0.29, 0.717) is 23.0 Å². The van der Waals surface area contributed by atoms with E-state index >= 15 is 0 Å². The summed E-state index contributed by atoms with van der Waals surface area (Å²) in [5, 5.41) is 18.3. The second-order valence-corrected chi connectivity index (χ2v) is 11.6. The van der Waals surface area contributed by atoms with Crippen molar-refractivity contribution in [1.82, 2.24) is 14.2 Å². The van der Waals surface area contributed by atoms with Gasteiger partial charge in [0.25, 0.3) is 5.91 Å². The van der Waals surface area contributed by atoms with E-state index in [1.807, 2.05) is 49.3 Å². The average Bonchev–Trinajstić information content (AvgIpc) is 3.33. The van der Waals surface area contributed by atoms with Crippen LogP contribution in [0.4, 0.5) is 5.13 Å². The zero-order chi connectivity index (χ0) is 27.7. The topological polar surface area (TPSA) is 131 Å². The van der Waals surface area contributed by atoms with E-state index in [1.165, 1.54) is 35.6 Å². The van der Waals surface area contributed by atoms with Crippen molar-refractivity contribution < 1.29 is 17.9 Å². The highest BCUT2D eigenvalue weighted by Crippen LogP contribution is 2.32. The monoisotopic (exact) mass is 554 g/mol. The third-order valence-electron chi connectivity index (χ3n) is 5.73. The fourth-order valence-corrected chi connectivity index (χ4v) is 6.15. The molecule has 1 heterocycles. The van der Waals surface area contributed by atoms with Crippen LogP contribution < -0.4 is 9.64 Å². The van der Waals surface area contributed by atoms with Gasteiger partial charge in [-0.05, 0) is 63.5 Å². The minimum atomic E-state index is -3.93. The van der Waals surface area contributed by atoms with E-state index in [2.05, 4.69) is 4.98 Å². The molecule has 200 valence electrons. The lowest BCUT2D eigenvalue weighted by Crippen LogP contribution is -2.34. The molecule has 0 aliphatic rings. The van der Waals surface area contributed by atoms with Gasteiger partial charge in [-0.25, -0.2) is 13.4 Å². The van der Waals surface area contributed by atoms with Crippen LogP contribution in [0.1, 0.15) is 29.6 Å². The number of carbonyl (C=O) groups is 1. The molecular weight excluding hydrogens is 524 g/mol. The van der Waals surface area contributed by atoms with Gasteiger partial charge in [-0.15, -0.1) is 0 Å². The van der Waals surface area contributed by atoms with Crippen LogP contribution in [0.5, 0.6) is 5.75 Å². The number of benzene rings is 2. The van der Waals surface area contributed by atoms with Crippen molar-refractivity contribution in [2.75, 3.05) is 52.3 Å². The van der Waals surface area contributed by atoms with Crippen LogP contribution in [0.15, 0.2) is 47.4 Å². The van der Waals surface area contributed by atoms with Crippen LogP contribution in [-0.2, 0) is 10.0 Å². The van der Waals surface area contributed by atoms with E-state index < -0.39 is 10.0 Å². The number of anilines is 1. The summed E-state index contributed by atoms with van der Waals surface area (Å²) in [5.74, 6) is 0.389. The molecule has 3 aromatic rings. The molecule has 12 heteroatoms. The van der Waals surface area contributed by atoms with Crippen LogP contribution in [-0.4, -0.2) is 75.9 Å². The Morgan fingerprint density at radius 3 is 2.24 bits per heavy atom. The molecule has 0 aliphatic heterocycles. The minimum absolute atomic E-state index is 0.00355. The minimum Gasteiger partial charge on any atom is -0.497 e. The summed E-state index contributed by atoms with van der Waals surface area (Å²) in [4.78, 5) is 22.0. The molecular formula is C26H30N6O4S2. The predicted molar refractivity (Wildman–Crippen MR) is 147 cm³/mol. The van der Waals surface area contributed by atoms with Gasteiger partial charge in [0.05, 0.1) is 34.4 Å². The number of carbonyl (C=O) groups excluding carboxylic acids is 1. The number of amides is 1. The maximum Gasteiger partial charge on any atom is 0.260 e. The van der Waals surface area contributed by atoms with Crippen LogP contribution >= 0.6 is 11.3 Å². The van der Waals surface area contributed by atoms with Crippen molar-refractivity contribution in [2.45, 2.75) is 24.2 Å². The van der Waals surface area contributed by atoms with Gasteiger partial charge in [-0.3, -0.25) is 9.69 Å². The second kappa shape index (κ2) is 13.3. The molecule has 1 amide bonds. The van der Waals surface area contributed by atoms with Crippen molar-refractivity contribution in [2.24, 2.45) is 0 Å². The number of methoxy groups -OCH3 is 1. The Morgan fingerprint density at radius 1 is 1.00 bits per heavy atom. The highest BCUT2D eigenvalue weighted by atomic mass is 32.2. The number of hydrogen-bond acceptors (Lipinski definition) is 9. The first kappa shape index (κ1) is 29.0. The number of ether oxygens (including phenoxy) is 1. The van der Waals surface area contributed by atoms with Gasteiger partial charge in [-0.2, -0.15) is 14.8 Å². The Kier molecular flexibility index (Phi) is 10.2. The molecule has 0 spiro atoms. The Hall–Kier alpha value is -3.55. The molecule has 0 saturated heterocycles. The zero-order valence-corrected chi connectivity index (χ0v) is 23.3. The van der Waals surface area contributed by atoms with Gasteiger partial charge in [0, 0.05) is 44.1 Å². The first-order chi connectivity index (χ1) is 18.2. The first-order valence-electron chi connectivity index (χ1n) is 12.0. The molecule has 10 nitrogen and oxygen atoms in total. The number of hydrogen-bond donors (Lipinski definition) is 0. The molecule has 0 unspecified atom stereocenters. The SMILES string of the molecule is COc1ccc2sc(N(CCCN(C)C)C(=O)c3ccc(S(=O)(=O)N(CCC#N)CCC#N)cc3)nc2c1. The summed E-state index contributed by atoms with van der Waals surface area (Å²) < 4.78 is 33.6. The van der Waals surface area contributed by atoms with Crippen LogP contribution in [0.2, 0.25) is 0 Å². The molecule has 1 aromatic heterocycles. The van der Waals surface area contributed by atoms with Crippen molar-refractivity contribution in [3.05, 3.63) is 48.0 Å². The number of nitrogens with zero attached hydrogens (tertiary/aromatic N) is 6. The molecule has 0 aliphatic carbocycles. The van der Waals surface area contributed by atoms with Crippen molar-refractivity contribution >= 4 is 42.6 Å². The Morgan fingerprint density at radius 2 is 1.66 bits per heavy atom. The lowest BCUT2D eigenvalue weighted by atomic mass is 10.2. The molecule has 0 fully saturated rings. The second-order valence-electron chi connectivity index (χ2n) is 8.69. The van der Waals surface area contributed by atoms with Crippen LogP contribution in [0, 0.1) is 22.7 Å². The Balaban J connectivity index is 1.90. The molecule has 0 atom stereocenters. The molecule has 2 aromatic carbocycles. The maximum atomic E-state index is 13.6. The standard InChI is InChI=1S/C26H30N6O4S2/c1-30(2)15-6-18-32(26-29-23-19-21(36-3)9-12-24(23)37-26)25(33)20-7-10-22(11-8-20)38(34,35)31(16-4-13-27)17-5-14-28/h7-12,19H,4-6,15-18H2,1-3H3. The maximum absolute atomic E-state index is 13.6. The van der Waals surface area contributed by atoms with Crippen molar-refractivity contribution in [1.29, 1.82) is 10.5 Å². The Labute approximate surface area is 227 Å². The third-order valence-corrected chi connectivity index (χ3v) is 8.70. The normalized spacial score (nSPS) is 11.4. The van der Waals surface area contributed by atoms with E-state index in [-0.39, 0.29) is 36.7 Å². The predicted octanol–water partition coefficient (Wildman–Crippen LogP) is 3.72. The fraction of sp³-hybridized carbons (Fsp3) is 0.385. The summed E-state index contributed by atoms with van der Waals surface area (Å²) in [7, 11) is 1.58. The average molecular weight is 555 g/mol. The summed E-state index contributed by atoms with van der Waals surface area (Å²) in [6.07, 6.45) is 0.742. The summed E-state index contributed by atoms with van der Waals surface area (Å²) >= 11 is 1.40. The molecule has 0 N–H and O–H groups in total. The smallest absolute Gasteiger partial charge is 0.260 e. The van der Waals surface area contributed by atoms with E-state index in [9.17, 15) is 13.2 Å². The molecule has 3 rings (SSSR count). The third kappa shape index (κ3) is 7.05. The largest absolute Gasteiger partial charge is 0.497 e. The number of thiazole rings is 1. The zero-order valence-electron chi connectivity index (χ0n) is 21.6. The van der Waals surface area contributed by atoms with Gasteiger partial charge in [-0.1, -0.05) is 11.3 Å². The molecule has 0 radical (unpaired) electrons. The molecule has 0 bridgehead atoms. The summed E-state index contributed by atoms with van der Waals surface area (Å²) in [6, 6.07) is 15.2. The van der Waals surface area contributed by atoms with Crippen LogP contribution in [0.3, 0.4) is 0 Å². The molecule has 0 saturated carbocycles. The first-order valence-corrected chi connectivity index (χ1v) is 14.2. The van der Waals surface area contributed by atoms with Gasteiger partial charge >= 0.3 is 0 Å². The summed E-state index contributed by atoms with van der Waals surface area (Å²) in [5.41, 5.74) is 1.05. The van der Waals surface area contributed by atoms with E-state index in [4.69, 9.17) is 15.3 Å². The molecule has 38 heavy (non-hydrogen) atoms. The highest BCUT2D eigenvalue weighted by molar-refractivity contribution is 7.89. The number of aromatic nitrogens is 1. The Bertz CT molecular complexity index is 1420. The van der Waals surface area contributed by atoms with Crippen LogP contribution in [0.25, 0.3) is 10.2 Å². The van der Waals surface area contributed by atoms with E-state index in [1.54, 1.807) is 12.0 Å². The number of nitriles is 2. The highest BCUT2D eigenvalue weighted by Gasteiger charge is 2.26. The van der Waals surface area contributed by atoms with E-state index in [0.717, 1.165) is 27.5 Å². The van der Waals surface area contributed by atoms with Gasteiger partial charge in [0.2, 0.25) is 10.0 Å².